The zero-order chi connectivity index (χ0) is 24.8. The van der Waals surface area contributed by atoms with E-state index >= 15 is 0 Å². The number of nitrogens with one attached hydrogen (secondary N) is 1. The highest BCUT2D eigenvalue weighted by Gasteiger charge is 2.23. The monoisotopic (exact) mass is 493 g/mol. The lowest BCUT2D eigenvalue weighted by atomic mass is 10.1. The zero-order valence-electron chi connectivity index (χ0n) is 19.4. The smallest absolute Gasteiger partial charge is 0.254 e. The first-order valence-corrected chi connectivity index (χ1v) is 12.9. The van der Waals surface area contributed by atoms with Gasteiger partial charge in [-0.25, -0.2) is 8.42 Å². The SMILES string of the molecule is COc1cccc(C(=O)N2CCN(c3ccc(NC(=O)CS(=O)(=O)c4ccccc4)cc3)CC2)c1. The second-order valence-corrected chi connectivity index (χ2v) is 10.2. The van der Waals surface area contributed by atoms with Crippen molar-refractivity contribution >= 4 is 33.0 Å². The molecule has 3 aromatic carbocycles. The number of carbonyl (C=O) groups excluding carboxylic acids is 2. The Bertz CT molecular complexity index is 1290. The number of carbonyl (C=O) groups is 2. The van der Waals surface area contributed by atoms with E-state index in [2.05, 4.69) is 10.2 Å². The molecule has 0 radical (unpaired) electrons. The van der Waals surface area contributed by atoms with Gasteiger partial charge in [0.25, 0.3) is 5.91 Å². The van der Waals surface area contributed by atoms with E-state index in [4.69, 9.17) is 4.74 Å². The van der Waals surface area contributed by atoms with Crippen LogP contribution >= 0.6 is 0 Å². The number of sulfone groups is 1. The van der Waals surface area contributed by atoms with Crippen LogP contribution in [0.2, 0.25) is 0 Å². The summed E-state index contributed by atoms with van der Waals surface area (Å²) in [5.74, 6) is -0.583. The van der Waals surface area contributed by atoms with Crippen LogP contribution in [0, 0.1) is 0 Å². The average Bonchev–Trinajstić information content (AvgIpc) is 2.89. The Morgan fingerprint density at radius 3 is 2.23 bits per heavy atom. The lowest BCUT2D eigenvalue weighted by Gasteiger charge is -2.36. The minimum atomic E-state index is -3.70. The summed E-state index contributed by atoms with van der Waals surface area (Å²) in [6.07, 6.45) is 0. The molecular formula is C26H27N3O5S. The first-order chi connectivity index (χ1) is 16.9. The number of hydrogen-bond donors (Lipinski definition) is 1. The molecule has 0 bridgehead atoms. The third-order valence-electron chi connectivity index (χ3n) is 5.82. The maximum Gasteiger partial charge on any atom is 0.254 e. The van der Waals surface area contributed by atoms with Gasteiger partial charge in [-0.2, -0.15) is 0 Å². The van der Waals surface area contributed by atoms with Gasteiger partial charge in [0, 0.05) is 43.1 Å². The van der Waals surface area contributed by atoms with E-state index in [1.165, 1.54) is 12.1 Å². The molecule has 2 amide bonds. The van der Waals surface area contributed by atoms with Crippen molar-refractivity contribution < 1.29 is 22.7 Å². The molecule has 0 spiro atoms. The lowest BCUT2D eigenvalue weighted by molar-refractivity contribution is -0.113. The summed E-state index contributed by atoms with van der Waals surface area (Å²) in [7, 11) is -2.13. The molecule has 1 aliphatic heterocycles. The number of anilines is 2. The summed E-state index contributed by atoms with van der Waals surface area (Å²) in [5.41, 5.74) is 2.09. The highest BCUT2D eigenvalue weighted by molar-refractivity contribution is 7.92. The van der Waals surface area contributed by atoms with Crippen LogP contribution in [-0.4, -0.2) is 64.2 Å². The van der Waals surface area contributed by atoms with E-state index in [1.54, 1.807) is 55.6 Å². The van der Waals surface area contributed by atoms with E-state index in [-0.39, 0.29) is 10.8 Å². The summed E-state index contributed by atoms with van der Waals surface area (Å²) < 4.78 is 30.0. The van der Waals surface area contributed by atoms with E-state index in [0.717, 1.165) is 5.69 Å². The van der Waals surface area contributed by atoms with E-state index in [0.29, 0.717) is 43.2 Å². The van der Waals surface area contributed by atoms with Crippen LogP contribution in [-0.2, 0) is 14.6 Å². The summed E-state index contributed by atoms with van der Waals surface area (Å²) in [5, 5.41) is 2.65. The van der Waals surface area contributed by atoms with Crippen LogP contribution in [0.5, 0.6) is 5.75 Å². The molecule has 1 heterocycles. The predicted octanol–water partition coefficient (Wildman–Crippen LogP) is 3.07. The van der Waals surface area contributed by atoms with Gasteiger partial charge in [-0.3, -0.25) is 9.59 Å². The normalized spacial score (nSPS) is 13.9. The maximum atomic E-state index is 12.8. The molecule has 0 atom stereocenters. The number of methoxy groups -OCH3 is 1. The van der Waals surface area contributed by atoms with Crippen LogP contribution in [0.1, 0.15) is 10.4 Å². The number of piperazine rings is 1. The first-order valence-electron chi connectivity index (χ1n) is 11.2. The number of benzene rings is 3. The van der Waals surface area contributed by atoms with Crippen molar-refractivity contribution in [1.82, 2.24) is 4.90 Å². The molecule has 3 aromatic rings. The van der Waals surface area contributed by atoms with Crippen LogP contribution in [0.15, 0.2) is 83.8 Å². The Labute approximate surface area is 205 Å². The van der Waals surface area contributed by atoms with Crippen molar-refractivity contribution in [3.8, 4) is 5.75 Å². The van der Waals surface area contributed by atoms with Gasteiger partial charge in [0.2, 0.25) is 5.91 Å². The Hall–Kier alpha value is -3.85. The van der Waals surface area contributed by atoms with Gasteiger partial charge in [-0.05, 0) is 54.6 Å². The van der Waals surface area contributed by atoms with Crippen LogP contribution < -0.4 is 15.0 Å². The second-order valence-electron chi connectivity index (χ2n) is 8.18. The summed E-state index contributed by atoms with van der Waals surface area (Å²) >= 11 is 0. The molecule has 4 rings (SSSR count). The van der Waals surface area contributed by atoms with Gasteiger partial charge in [-0.15, -0.1) is 0 Å². The summed E-state index contributed by atoms with van der Waals surface area (Å²) in [6.45, 7) is 2.53. The molecule has 0 saturated carbocycles. The van der Waals surface area contributed by atoms with E-state index in [1.807, 2.05) is 23.1 Å². The first kappa shape index (κ1) is 24.3. The Kier molecular flexibility index (Phi) is 7.36. The van der Waals surface area contributed by atoms with Crippen molar-refractivity contribution in [3.05, 3.63) is 84.4 Å². The highest BCUT2D eigenvalue weighted by Crippen LogP contribution is 2.21. The fourth-order valence-corrected chi connectivity index (χ4v) is 5.10. The minimum absolute atomic E-state index is 0.0212. The average molecular weight is 494 g/mol. The van der Waals surface area contributed by atoms with Crippen molar-refractivity contribution in [2.75, 3.05) is 49.3 Å². The molecular weight excluding hydrogens is 466 g/mol. The topological polar surface area (TPSA) is 96.0 Å². The molecule has 1 fully saturated rings. The number of rotatable bonds is 7. The standard InChI is InChI=1S/C26H27N3O5S/c1-34-23-7-5-6-20(18-23)26(31)29-16-14-28(15-17-29)22-12-10-21(11-13-22)27-25(30)19-35(32,33)24-8-3-2-4-9-24/h2-13,18H,14-17,19H2,1H3,(H,27,30). The van der Waals surface area contributed by atoms with Crippen LogP contribution in [0.3, 0.4) is 0 Å². The number of amides is 2. The molecule has 1 aliphatic rings. The van der Waals surface area contributed by atoms with Gasteiger partial charge in [0.15, 0.2) is 9.84 Å². The third-order valence-corrected chi connectivity index (χ3v) is 7.46. The Morgan fingerprint density at radius 1 is 0.886 bits per heavy atom. The largest absolute Gasteiger partial charge is 0.497 e. The quantitative estimate of drug-likeness (QED) is 0.544. The molecule has 0 aliphatic carbocycles. The Morgan fingerprint density at radius 2 is 1.57 bits per heavy atom. The summed E-state index contributed by atoms with van der Waals surface area (Å²) in [6, 6.07) is 22.3. The molecule has 1 saturated heterocycles. The fraction of sp³-hybridized carbons (Fsp3) is 0.231. The van der Waals surface area contributed by atoms with Gasteiger partial charge < -0.3 is 19.9 Å². The highest BCUT2D eigenvalue weighted by atomic mass is 32.2. The number of nitrogens with zero attached hydrogens (tertiary/aromatic N) is 2. The second kappa shape index (κ2) is 10.6. The molecule has 0 aromatic heterocycles. The lowest BCUT2D eigenvalue weighted by Crippen LogP contribution is -2.48. The van der Waals surface area contributed by atoms with Crippen molar-refractivity contribution in [2.45, 2.75) is 4.90 Å². The molecule has 0 unspecified atom stereocenters. The fourth-order valence-electron chi connectivity index (χ4n) is 3.94. The molecule has 182 valence electrons. The van der Waals surface area contributed by atoms with Crippen molar-refractivity contribution in [3.63, 3.8) is 0 Å². The third kappa shape index (κ3) is 5.99. The molecule has 1 N–H and O–H groups in total. The van der Waals surface area contributed by atoms with Gasteiger partial charge in [0.05, 0.1) is 12.0 Å². The minimum Gasteiger partial charge on any atom is -0.497 e. The van der Waals surface area contributed by atoms with Gasteiger partial charge in [-0.1, -0.05) is 24.3 Å². The van der Waals surface area contributed by atoms with Gasteiger partial charge in [0.1, 0.15) is 11.5 Å². The van der Waals surface area contributed by atoms with E-state index < -0.39 is 21.5 Å². The zero-order valence-corrected chi connectivity index (χ0v) is 20.2. The number of ether oxygens (including phenoxy) is 1. The van der Waals surface area contributed by atoms with E-state index in [9.17, 15) is 18.0 Å². The number of hydrogen-bond acceptors (Lipinski definition) is 6. The molecule has 35 heavy (non-hydrogen) atoms. The van der Waals surface area contributed by atoms with Crippen LogP contribution in [0.25, 0.3) is 0 Å². The predicted molar refractivity (Wildman–Crippen MR) is 135 cm³/mol. The maximum absolute atomic E-state index is 12.8. The Balaban J connectivity index is 1.31. The molecule has 9 heteroatoms. The van der Waals surface area contributed by atoms with Crippen LogP contribution in [0.4, 0.5) is 11.4 Å². The van der Waals surface area contributed by atoms with Crippen molar-refractivity contribution in [2.24, 2.45) is 0 Å². The summed E-state index contributed by atoms with van der Waals surface area (Å²) in [4.78, 5) is 29.2. The molecule has 8 nitrogen and oxygen atoms in total. The van der Waals surface area contributed by atoms with Gasteiger partial charge >= 0.3 is 0 Å². The van der Waals surface area contributed by atoms with Crippen molar-refractivity contribution in [1.29, 1.82) is 0 Å².